The molecular formula is C21H21N3O. The molecule has 0 spiro atoms. The van der Waals surface area contributed by atoms with Gasteiger partial charge in [-0.05, 0) is 43.5 Å². The van der Waals surface area contributed by atoms with E-state index in [1.807, 2.05) is 48.5 Å². The first-order valence-corrected chi connectivity index (χ1v) is 8.70. The van der Waals surface area contributed by atoms with Gasteiger partial charge in [0.1, 0.15) is 5.69 Å². The Balaban J connectivity index is 1.57. The Morgan fingerprint density at radius 1 is 1.12 bits per heavy atom. The fourth-order valence-electron chi connectivity index (χ4n) is 2.88. The van der Waals surface area contributed by atoms with E-state index in [9.17, 15) is 4.79 Å². The molecule has 0 aliphatic heterocycles. The van der Waals surface area contributed by atoms with Gasteiger partial charge >= 0.3 is 0 Å². The van der Waals surface area contributed by atoms with Gasteiger partial charge in [0.15, 0.2) is 0 Å². The second-order valence-corrected chi connectivity index (χ2v) is 6.64. The van der Waals surface area contributed by atoms with Crippen LogP contribution in [0.5, 0.6) is 0 Å². The van der Waals surface area contributed by atoms with Gasteiger partial charge in [-0.2, -0.15) is 5.10 Å². The molecule has 1 fully saturated rings. The number of para-hydroxylation sites is 1. The molecule has 2 aromatic carbocycles. The summed E-state index contributed by atoms with van der Waals surface area (Å²) in [6.45, 7) is 2.57. The minimum Gasteiger partial charge on any atom is -0.347 e. The molecule has 4 rings (SSSR count). The van der Waals surface area contributed by atoms with Crippen molar-refractivity contribution in [2.24, 2.45) is 0 Å². The number of rotatable bonds is 5. The molecule has 0 atom stereocenters. The third-order valence-corrected chi connectivity index (χ3v) is 4.53. The van der Waals surface area contributed by atoms with Crippen LogP contribution in [-0.2, 0) is 6.54 Å². The number of hydrogen-bond acceptors (Lipinski definition) is 2. The second-order valence-electron chi connectivity index (χ2n) is 6.64. The molecule has 1 aliphatic carbocycles. The Morgan fingerprint density at radius 2 is 1.84 bits per heavy atom. The summed E-state index contributed by atoms with van der Waals surface area (Å²) in [5, 5.41) is 7.70. The molecule has 1 saturated carbocycles. The first-order valence-electron chi connectivity index (χ1n) is 8.70. The maximum Gasteiger partial charge on any atom is 0.270 e. The van der Waals surface area contributed by atoms with E-state index in [4.69, 9.17) is 0 Å². The van der Waals surface area contributed by atoms with Crippen LogP contribution in [0.2, 0.25) is 0 Å². The third-order valence-electron chi connectivity index (χ3n) is 4.53. The predicted molar refractivity (Wildman–Crippen MR) is 97.9 cm³/mol. The number of carbonyl (C=O) groups is 1. The molecule has 25 heavy (non-hydrogen) atoms. The van der Waals surface area contributed by atoms with Crippen molar-refractivity contribution in [3.8, 4) is 5.69 Å². The molecule has 1 amide bonds. The van der Waals surface area contributed by atoms with Crippen molar-refractivity contribution in [1.82, 2.24) is 15.1 Å². The maximum absolute atomic E-state index is 12.8. The molecule has 0 unspecified atom stereocenters. The minimum atomic E-state index is -0.0937. The lowest BCUT2D eigenvalue weighted by Gasteiger charge is -2.08. The topological polar surface area (TPSA) is 46.9 Å². The summed E-state index contributed by atoms with van der Waals surface area (Å²) in [4.78, 5) is 12.8. The molecule has 1 N–H and O–H groups in total. The number of carbonyl (C=O) groups excluding carboxylic acids is 1. The van der Waals surface area contributed by atoms with Crippen LogP contribution in [0.1, 0.15) is 46.1 Å². The van der Waals surface area contributed by atoms with E-state index >= 15 is 0 Å². The number of aromatic nitrogens is 2. The van der Waals surface area contributed by atoms with Crippen LogP contribution in [0.3, 0.4) is 0 Å². The Kier molecular flexibility index (Phi) is 4.10. The number of amides is 1. The highest BCUT2D eigenvalue weighted by Crippen LogP contribution is 2.39. The summed E-state index contributed by atoms with van der Waals surface area (Å²) in [6.07, 6.45) is 2.33. The van der Waals surface area contributed by atoms with Gasteiger partial charge in [0, 0.05) is 12.5 Å². The van der Waals surface area contributed by atoms with Gasteiger partial charge in [0.05, 0.1) is 11.4 Å². The third kappa shape index (κ3) is 3.48. The summed E-state index contributed by atoms with van der Waals surface area (Å²) in [5.41, 5.74) is 4.83. The molecule has 1 heterocycles. The Morgan fingerprint density at radius 3 is 2.52 bits per heavy atom. The van der Waals surface area contributed by atoms with E-state index in [0.29, 0.717) is 18.2 Å². The van der Waals surface area contributed by atoms with Crippen LogP contribution in [-0.4, -0.2) is 15.7 Å². The molecule has 1 aromatic heterocycles. The molecule has 126 valence electrons. The van der Waals surface area contributed by atoms with Crippen molar-refractivity contribution >= 4 is 5.91 Å². The SMILES string of the molecule is Cc1ccc(CNC(=O)c2cc(C3CC3)nn2-c2ccccc2)cc1. The summed E-state index contributed by atoms with van der Waals surface area (Å²) in [5.74, 6) is 0.414. The quantitative estimate of drug-likeness (QED) is 0.768. The van der Waals surface area contributed by atoms with E-state index in [0.717, 1.165) is 29.8 Å². The van der Waals surface area contributed by atoms with Crippen LogP contribution in [0.25, 0.3) is 5.69 Å². The number of benzene rings is 2. The van der Waals surface area contributed by atoms with Gasteiger partial charge in [-0.25, -0.2) is 4.68 Å². The lowest BCUT2D eigenvalue weighted by Crippen LogP contribution is -2.25. The van der Waals surface area contributed by atoms with Crippen molar-refractivity contribution < 1.29 is 4.79 Å². The minimum absolute atomic E-state index is 0.0937. The van der Waals surface area contributed by atoms with Crippen molar-refractivity contribution in [1.29, 1.82) is 0 Å². The van der Waals surface area contributed by atoms with Crippen molar-refractivity contribution in [3.63, 3.8) is 0 Å². The van der Waals surface area contributed by atoms with Gasteiger partial charge in [-0.3, -0.25) is 4.79 Å². The average molecular weight is 331 g/mol. The van der Waals surface area contributed by atoms with Crippen LogP contribution in [0, 0.1) is 6.92 Å². The number of nitrogens with one attached hydrogen (secondary N) is 1. The molecule has 4 nitrogen and oxygen atoms in total. The first-order chi connectivity index (χ1) is 12.2. The fraction of sp³-hybridized carbons (Fsp3) is 0.238. The second kappa shape index (κ2) is 6.55. The van der Waals surface area contributed by atoms with E-state index < -0.39 is 0 Å². The standard InChI is InChI=1S/C21H21N3O/c1-15-7-9-16(10-8-15)14-22-21(25)20-13-19(17-11-12-17)23-24(20)18-5-3-2-4-6-18/h2-10,13,17H,11-12,14H2,1H3,(H,22,25). The number of aryl methyl sites for hydroxylation is 1. The molecule has 0 saturated heterocycles. The van der Waals surface area contributed by atoms with Gasteiger partial charge in [-0.1, -0.05) is 48.0 Å². The van der Waals surface area contributed by atoms with Crippen LogP contribution >= 0.6 is 0 Å². The maximum atomic E-state index is 12.8. The zero-order valence-corrected chi connectivity index (χ0v) is 14.3. The van der Waals surface area contributed by atoms with Gasteiger partial charge < -0.3 is 5.32 Å². The molecule has 3 aromatic rings. The lowest BCUT2D eigenvalue weighted by molar-refractivity contribution is 0.0943. The molecule has 0 bridgehead atoms. The van der Waals surface area contributed by atoms with Gasteiger partial charge in [-0.15, -0.1) is 0 Å². The van der Waals surface area contributed by atoms with E-state index in [1.54, 1.807) is 4.68 Å². The molecular weight excluding hydrogens is 310 g/mol. The Hall–Kier alpha value is -2.88. The highest BCUT2D eigenvalue weighted by Gasteiger charge is 2.28. The normalized spacial score (nSPS) is 13.6. The van der Waals surface area contributed by atoms with E-state index in [-0.39, 0.29) is 5.91 Å². The van der Waals surface area contributed by atoms with Gasteiger partial charge in [0.2, 0.25) is 0 Å². The van der Waals surface area contributed by atoms with Crippen molar-refractivity contribution in [2.75, 3.05) is 0 Å². The summed E-state index contributed by atoms with van der Waals surface area (Å²) in [7, 11) is 0. The smallest absolute Gasteiger partial charge is 0.270 e. The molecule has 4 heteroatoms. The Bertz CT molecular complexity index is 877. The zero-order chi connectivity index (χ0) is 17.2. The zero-order valence-electron chi connectivity index (χ0n) is 14.3. The van der Waals surface area contributed by atoms with Crippen LogP contribution < -0.4 is 5.32 Å². The van der Waals surface area contributed by atoms with Crippen molar-refractivity contribution in [3.05, 3.63) is 83.2 Å². The predicted octanol–water partition coefficient (Wildman–Crippen LogP) is 3.99. The van der Waals surface area contributed by atoms with Gasteiger partial charge in [0.25, 0.3) is 5.91 Å². The van der Waals surface area contributed by atoms with E-state index in [1.165, 1.54) is 5.56 Å². The van der Waals surface area contributed by atoms with Crippen LogP contribution in [0.15, 0.2) is 60.7 Å². The monoisotopic (exact) mass is 331 g/mol. The number of nitrogens with zero attached hydrogens (tertiary/aromatic N) is 2. The molecule has 0 radical (unpaired) electrons. The highest BCUT2D eigenvalue weighted by molar-refractivity contribution is 5.93. The largest absolute Gasteiger partial charge is 0.347 e. The van der Waals surface area contributed by atoms with Crippen LogP contribution in [0.4, 0.5) is 0 Å². The van der Waals surface area contributed by atoms with Crippen molar-refractivity contribution in [2.45, 2.75) is 32.2 Å². The highest BCUT2D eigenvalue weighted by atomic mass is 16.2. The summed E-state index contributed by atoms with van der Waals surface area (Å²) >= 11 is 0. The summed E-state index contributed by atoms with van der Waals surface area (Å²) < 4.78 is 1.76. The fourth-order valence-corrected chi connectivity index (χ4v) is 2.88. The van der Waals surface area contributed by atoms with E-state index in [2.05, 4.69) is 29.5 Å². The Labute approximate surface area is 147 Å². The average Bonchev–Trinajstić information content (AvgIpc) is 3.40. The summed E-state index contributed by atoms with van der Waals surface area (Å²) in [6, 6.07) is 20.0. The lowest BCUT2D eigenvalue weighted by atomic mass is 10.1. The molecule has 1 aliphatic rings. The first kappa shape index (κ1) is 15.6. The number of hydrogen-bond donors (Lipinski definition) is 1.